The van der Waals surface area contributed by atoms with Crippen LogP contribution >= 0.6 is 0 Å². The molecule has 1 saturated heterocycles. The fourth-order valence-corrected chi connectivity index (χ4v) is 4.21. The maximum absolute atomic E-state index is 13.2. The van der Waals surface area contributed by atoms with Crippen LogP contribution in [0.15, 0.2) is 65.4 Å². The molecular weight excluding hydrogens is 392 g/mol. The Morgan fingerprint density at radius 2 is 1.94 bits per heavy atom. The van der Waals surface area contributed by atoms with Crippen molar-refractivity contribution in [2.75, 3.05) is 19.6 Å². The first kappa shape index (κ1) is 20.8. The van der Waals surface area contributed by atoms with Crippen LogP contribution in [0.1, 0.15) is 35.9 Å². The van der Waals surface area contributed by atoms with Crippen LogP contribution < -0.4 is 5.32 Å². The summed E-state index contributed by atoms with van der Waals surface area (Å²) in [5.74, 6) is 0.501. The molecule has 0 aliphatic carbocycles. The van der Waals surface area contributed by atoms with Gasteiger partial charge in [-0.15, -0.1) is 0 Å². The number of carbonyl (C=O) groups excluding carboxylic acids is 2. The van der Waals surface area contributed by atoms with E-state index in [4.69, 9.17) is 4.52 Å². The minimum atomic E-state index is -0.759. The summed E-state index contributed by atoms with van der Waals surface area (Å²) in [6.07, 6.45) is 5.02. The highest BCUT2D eigenvalue weighted by Crippen LogP contribution is 2.35. The van der Waals surface area contributed by atoms with Gasteiger partial charge in [-0.05, 0) is 31.9 Å². The number of likely N-dealkylation sites (tertiary alicyclic amines) is 1. The number of amides is 2. The zero-order valence-electron chi connectivity index (χ0n) is 17.6. The van der Waals surface area contributed by atoms with Crippen molar-refractivity contribution in [2.45, 2.75) is 26.2 Å². The predicted octanol–water partition coefficient (Wildman–Crippen LogP) is 3.34. The average Bonchev–Trinajstić information content (AvgIpc) is 3.28. The molecule has 3 heterocycles. The third kappa shape index (κ3) is 4.50. The van der Waals surface area contributed by atoms with E-state index in [2.05, 4.69) is 15.5 Å². The van der Waals surface area contributed by atoms with E-state index >= 15 is 0 Å². The normalized spacial score (nSPS) is 18.5. The van der Waals surface area contributed by atoms with Gasteiger partial charge in [0.1, 0.15) is 11.5 Å². The van der Waals surface area contributed by atoms with Crippen molar-refractivity contribution in [3.05, 3.63) is 72.2 Å². The van der Waals surface area contributed by atoms with E-state index < -0.39 is 5.41 Å². The molecule has 7 nitrogen and oxygen atoms in total. The van der Waals surface area contributed by atoms with Crippen LogP contribution in [0.25, 0.3) is 11.3 Å². The molecule has 1 aromatic carbocycles. The van der Waals surface area contributed by atoms with Gasteiger partial charge in [0.15, 0.2) is 0 Å². The lowest BCUT2D eigenvalue weighted by Gasteiger charge is -2.41. The van der Waals surface area contributed by atoms with Gasteiger partial charge in [0.2, 0.25) is 5.91 Å². The van der Waals surface area contributed by atoms with Gasteiger partial charge in [0.05, 0.1) is 5.41 Å². The predicted molar refractivity (Wildman–Crippen MR) is 116 cm³/mol. The molecule has 2 aromatic heterocycles. The molecule has 1 fully saturated rings. The van der Waals surface area contributed by atoms with Crippen molar-refractivity contribution in [1.29, 1.82) is 0 Å². The highest BCUT2D eigenvalue weighted by molar-refractivity contribution is 5.95. The largest absolute Gasteiger partial charge is 0.361 e. The standard InChI is InChI=1S/C24H26N4O3/c1-2-26-23(30)24(16-20-15-21(27-31-20)18-7-4-3-5-8-18)11-6-14-28(17-24)22(29)19-9-12-25-13-10-19/h3-5,7-10,12-13,15H,2,6,11,14,16-17H2,1H3,(H,26,30). The van der Waals surface area contributed by atoms with E-state index in [9.17, 15) is 9.59 Å². The van der Waals surface area contributed by atoms with Gasteiger partial charge < -0.3 is 14.7 Å². The molecule has 2 amide bonds. The molecule has 0 spiro atoms. The zero-order chi connectivity index (χ0) is 21.7. The summed E-state index contributed by atoms with van der Waals surface area (Å²) in [5.41, 5.74) is 1.52. The molecule has 1 N–H and O–H groups in total. The lowest BCUT2D eigenvalue weighted by molar-refractivity contribution is -0.133. The number of hydrogen-bond donors (Lipinski definition) is 1. The van der Waals surface area contributed by atoms with Crippen LogP contribution in [0.4, 0.5) is 0 Å². The Kier molecular flexibility index (Phi) is 6.11. The van der Waals surface area contributed by atoms with Crippen LogP contribution in [-0.4, -0.2) is 46.5 Å². The summed E-state index contributed by atoms with van der Waals surface area (Å²) in [7, 11) is 0. The van der Waals surface area contributed by atoms with Gasteiger partial charge in [0, 0.05) is 55.6 Å². The molecule has 0 bridgehead atoms. The van der Waals surface area contributed by atoms with Crippen molar-refractivity contribution in [2.24, 2.45) is 5.41 Å². The first-order chi connectivity index (χ1) is 15.1. The first-order valence-electron chi connectivity index (χ1n) is 10.6. The quantitative estimate of drug-likeness (QED) is 0.663. The Hall–Kier alpha value is -3.48. The zero-order valence-corrected chi connectivity index (χ0v) is 17.6. The van der Waals surface area contributed by atoms with Gasteiger partial charge in [-0.25, -0.2) is 0 Å². The highest BCUT2D eigenvalue weighted by atomic mass is 16.5. The minimum Gasteiger partial charge on any atom is -0.361 e. The van der Waals surface area contributed by atoms with Crippen LogP contribution in [0.5, 0.6) is 0 Å². The maximum Gasteiger partial charge on any atom is 0.253 e. The number of benzene rings is 1. The van der Waals surface area contributed by atoms with E-state index in [-0.39, 0.29) is 11.8 Å². The van der Waals surface area contributed by atoms with E-state index in [1.165, 1.54) is 0 Å². The topological polar surface area (TPSA) is 88.3 Å². The number of nitrogens with one attached hydrogen (secondary N) is 1. The molecule has 31 heavy (non-hydrogen) atoms. The van der Waals surface area contributed by atoms with E-state index in [1.54, 1.807) is 29.4 Å². The fraction of sp³-hybridized carbons (Fsp3) is 0.333. The van der Waals surface area contributed by atoms with Crippen molar-refractivity contribution in [3.63, 3.8) is 0 Å². The number of rotatable bonds is 6. The number of carbonyl (C=O) groups is 2. The van der Waals surface area contributed by atoms with Gasteiger partial charge in [-0.3, -0.25) is 14.6 Å². The summed E-state index contributed by atoms with van der Waals surface area (Å²) < 4.78 is 5.61. The number of piperidine rings is 1. The van der Waals surface area contributed by atoms with E-state index in [0.717, 1.165) is 17.7 Å². The van der Waals surface area contributed by atoms with Crippen LogP contribution in [0.3, 0.4) is 0 Å². The van der Waals surface area contributed by atoms with Crippen LogP contribution in [0.2, 0.25) is 0 Å². The molecule has 0 saturated carbocycles. The number of pyridine rings is 1. The maximum atomic E-state index is 13.2. The molecule has 3 aromatic rings. The fourth-order valence-electron chi connectivity index (χ4n) is 4.21. The number of nitrogens with zero attached hydrogens (tertiary/aromatic N) is 3. The minimum absolute atomic E-state index is 0.0557. The van der Waals surface area contributed by atoms with Crippen molar-refractivity contribution < 1.29 is 14.1 Å². The Morgan fingerprint density at radius 1 is 1.16 bits per heavy atom. The van der Waals surface area contributed by atoms with E-state index in [0.29, 0.717) is 43.8 Å². The second kappa shape index (κ2) is 9.12. The van der Waals surface area contributed by atoms with Crippen LogP contribution in [-0.2, 0) is 11.2 Å². The Bertz CT molecular complexity index is 1040. The monoisotopic (exact) mass is 418 g/mol. The summed E-state index contributed by atoms with van der Waals surface area (Å²) in [5, 5.41) is 7.16. The lowest BCUT2D eigenvalue weighted by Crippen LogP contribution is -2.54. The second-order valence-corrected chi connectivity index (χ2v) is 7.93. The highest BCUT2D eigenvalue weighted by Gasteiger charge is 2.44. The summed E-state index contributed by atoms with van der Waals surface area (Å²) in [4.78, 5) is 32.0. The Balaban J connectivity index is 1.59. The Morgan fingerprint density at radius 3 is 2.68 bits per heavy atom. The molecule has 1 aliphatic heterocycles. The van der Waals surface area contributed by atoms with Crippen molar-refractivity contribution >= 4 is 11.8 Å². The molecule has 1 atom stereocenters. The number of aromatic nitrogens is 2. The molecule has 7 heteroatoms. The van der Waals surface area contributed by atoms with Crippen molar-refractivity contribution in [1.82, 2.24) is 20.4 Å². The van der Waals surface area contributed by atoms with E-state index in [1.807, 2.05) is 43.3 Å². The first-order valence-corrected chi connectivity index (χ1v) is 10.6. The molecular formula is C24H26N4O3. The summed E-state index contributed by atoms with van der Waals surface area (Å²) >= 11 is 0. The molecule has 4 rings (SSSR count). The lowest BCUT2D eigenvalue weighted by atomic mass is 9.75. The molecule has 0 radical (unpaired) electrons. The summed E-state index contributed by atoms with van der Waals surface area (Å²) in [6.45, 7) is 3.39. The molecule has 160 valence electrons. The number of hydrogen-bond acceptors (Lipinski definition) is 5. The smallest absolute Gasteiger partial charge is 0.253 e. The van der Waals surface area contributed by atoms with Gasteiger partial charge in [0.25, 0.3) is 5.91 Å². The SMILES string of the molecule is CCNC(=O)C1(Cc2cc(-c3ccccc3)no2)CCCN(C(=O)c2ccncc2)C1. The van der Waals surface area contributed by atoms with Crippen molar-refractivity contribution in [3.8, 4) is 11.3 Å². The second-order valence-electron chi connectivity index (χ2n) is 7.93. The average molecular weight is 418 g/mol. The molecule has 1 unspecified atom stereocenters. The van der Waals surface area contributed by atoms with Gasteiger partial charge >= 0.3 is 0 Å². The third-order valence-electron chi connectivity index (χ3n) is 5.75. The van der Waals surface area contributed by atoms with Gasteiger partial charge in [-0.1, -0.05) is 35.5 Å². The van der Waals surface area contributed by atoms with Crippen LogP contribution in [0, 0.1) is 5.41 Å². The third-order valence-corrected chi connectivity index (χ3v) is 5.75. The summed E-state index contributed by atoms with van der Waals surface area (Å²) in [6, 6.07) is 15.1. The Labute approximate surface area is 181 Å². The molecule has 1 aliphatic rings. The van der Waals surface area contributed by atoms with Gasteiger partial charge in [-0.2, -0.15) is 0 Å².